The van der Waals surface area contributed by atoms with Crippen LogP contribution in [0.15, 0.2) is 79.1 Å². The van der Waals surface area contributed by atoms with Crippen molar-refractivity contribution < 1.29 is 14.6 Å². The van der Waals surface area contributed by atoms with Gasteiger partial charge in [-0.3, -0.25) is 9.20 Å². The molecule has 2 heterocycles. The Bertz CT molecular complexity index is 1420. The highest BCUT2D eigenvalue weighted by atomic mass is 16.5. The van der Waals surface area contributed by atoms with Gasteiger partial charge in [0.15, 0.2) is 0 Å². The highest BCUT2D eigenvalue weighted by Gasteiger charge is 2.51. The zero-order chi connectivity index (χ0) is 23.3. The third-order valence-electron chi connectivity index (χ3n) is 7.32. The van der Waals surface area contributed by atoms with E-state index >= 15 is 0 Å². The van der Waals surface area contributed by atoms with Gasteiger partial charge in [-0.25, -0.2) is 9.97 Å². The third kappa shape index (κ3) is 3.08. The Morgan fingerprint density at radius 1 is 0.971 bits per heavy atom. The summed E-state index contributed by atoms with van der Waals surface area (Å²) >= 11 is 0. The van der Waals surface area contributed by atoms with Gasteiger partial charge in [0.2, 0.25) is 0 Å². The van der Waals surface area contributed by atoms with E-state index in [9.17, 15) is 9.90 Å². The average Bonchev–Trinajstić information content (AvgIpc) is 3.28. The van der Waals surface area contributed by atoms with Crippen LogP contribution in [0.3, 0.4) is 0 Å². The van der Waals surface area contributed by atoms with E-state index in [1.165, 1.54) is 0 Å². The van der Waals surface area contributed by atoms with Crippen molar-refractivity contribution in [3.63, 3.8) is 0 Å². The van der Waals surface area contributed by atoms with Crippen LogP contribution in [0, 0.1) is 5.41 Å². The predicted octanol–water partition coefficient (Wildman–Crippen LogP) is 5.22. The fraction of sp³-hybridized carbons (Fsp3) is 0.222. The molecule has 3 aliphatic carbocycles. The van der Waals surface area contributed by atoms with Crippen molar-refractivity contribution in [1.82, 2.24) is 14.4 Å². The molecule has 2 aromatic heterocycles. The van der Waals surface area contributed by atoms with Gasteiger partial charge in [0.25, 0.3) is 0 Å². The monoisotopic (exact) mass is 452 g/mol. The van der Waals surface area contributed by atoms with Crippen molar-refractivity contribution >= 4 is 17.3 Å². The van der Waals surface area contributed by atoms with Crippen LogP contribution >= 0.6 is 0 Å². The number of allylic oxidation sites excluding steroid dienone is 1. The van der Waals surface area contributed by atoms with Gasteiger partial charge < -0.3 is 15.6 Å². The average molecular weight is 453 g/mol. The highest BCUT2D eigenvalue weighted by molar-refractivity contribution is 5.86. The number of nitrogen functional groups attached to an aromatic ring is 1. The maximum absolute atomic E-state index is 11.9. The van der Waals surface area contributed by atoms with Crippen LogP contribution in [0.4, 0.5) is 5.82 Å². The molecule has 1 saturated carbocycles. The molecule has 0 amide bonds. The number of aromatic nitrogens is 3. The molecule has 170 valence electrons. The number of aliphatic carboxylic acids is 1. The molecule has 0 aliphatic heterocycles. The van der Waals surface area contributed by atoms with Gasteiger partial charge in [0, 0.05) is 23.4 Å². The molecule has 7 nitrogen and oxygen atoms in total. The number of fused-ring (bicyclic) bond motifs is 3. The summed E-state index contributed by atoms with van der Waals surface area (Å²) in [5.41, 5.74) is 7.71. The van der Waals surface area contributed by atoms with Crippen LogP contribution < -0.4 is 10.5 Å². The molecule has 3 aliphatic rings. The van der Waals surface area contributed by atoms with Crippen LogP contribution in [0.2, 0.25) is 0 Å². The van der Waals surface area contributed by atoms with Gasteiger partial charge in [0.1, 0.15) is 34.4 Å². The molecule has 3 N–H and O–H groups in total. The van der Waals surface area contributed by atoms with E-state index in [0.29, 0.717) is 18.7 Å². The molecule has 1 fully saturated rings. The lowest BCUT2D eigenvalue weighted by atomic mass is 9.58. The van der Waals surface area contributed by atoms with Gasteiger partial charge in [-0.05, 0) is 62.1 Å². The molecular formula is C27H24N4O3. The number of hydrogen-bond donors (Lipinski definition) is 2. The summed E-state index contributed by atoms with van der Waals surface area (Å²) in [6, 6.07) is 17.4. The first kappa shape index (κ1) is 20.5. The molecule has 0 radical (unpaired) electrons. The summed E-state index contributed by atoms with van der Waals surface area (Å²) in [5, 5.41) is 9.74. The van der Waals surface area contributed by atoms with Crippen LogP contribution in [0.1, 0.15) is 31.5 Å². The van der Waals surface area contributed by atoms with E-state index in [0.717, 1.165) is 46.9 Å². The van der Waals surface area contributed by atoms with Crippen LogP contribution in [0.5, 0.6) is 11.5 Å². The number of carbonyl (C=O) groups is 1. The van der Waals surface area contributed by atoms with Gasteiger partial charge in [0.05, 0.1) is 5.41 Å². The topological polar surface area (TPSA) is 103 Å². The molecule has 2 aromatic carbocycles. The van der Waals surface area contributed by atoms with Crippen LogP contribution in [-0.4, -0.2) is 25.4 Å². The summed E-state index contributed by atoms with van der Waals surface area (Å²) in [4.78, 5) is 21.3. The molecule has 0 atom stereocenters. The van der Waals surface area contributed by atoms with Crippen LogP contribution in [0.25, 0.3) is 16.8 Å². The van der Waals surface area contributed by atoms with E-state index in [1.807, 2.05) is 71.3 Å². The maximum atomic E-state index is 11.9. The smallest absolute Gasteiger partial charge is 0.313 e. The number of ether oxygens (including phenoxy) is 1. The largest absolute Gasteiger partial charge is 0.481 e. The second-order valence-corrected chi connectivity index (χ2v) is 9.21. The minimum Gasteiger partial charge on any atom is -0.481 e. The third-order valence-corrected chi connectivity index (χ3v) is 7.32. The number of imidazole rings is 1. The van der Waals surface area contributed by atoms with Crippen molar-refractivity contribution in [1.29, 1.82) is 0 Å². The quantitative estimate of drug-likeness (QED) is 0.402. The Kier molecular flexibility index (Phi) is 4.49. The fourth-order valence-corrected chi connectivity index (χ4v) is 5.30. The Morgan fingerprint density at radius 3 is 2.32 bits per heavy atom. The number of rotatable bonds is 5. The lowest BCUT2D eigenvalue weighted by Gasteiger charge is -2.45. The van der Waals surface area contributed by atoms with E-state index in [4.69, 9.17) is 15.5 Å². The van der Waals surface area contributed by atoms with E-state index in [1.54, 1.807) is 6.20 Å². The Balaban J connectivity index is 1.42. The number of benzene rings is 2. The van der Waals surface area contributed by atoms with Crippen molar-refractivity contribution in [2.75, 3.05) is 5.73 Å². The number of carboxylic acids is 1. The fourth-order valence-electron chi connectivity index (χ4n) is 5.30. The van der Waals surface area contributed by atoms with Gasteiger partial charge in [-0.1, -0.05) is 30.4 Å². The van der Waals surface area contributed by atoms with Crippen LogP contribution in [-0.2, 0) is 10.2 Å². The maximum Gasteiger partial charge on any atom is 0.313 e. The first-order valence-electron chi connectivity index (χ1n) is 11.4. The second-order valence-electron chi connectivity index (χ2n) is 9.21. The van der Waals surface area contributed by atoms with Crippen molar-refractivity contribution in [2.45, 2.75) is 31.1 Å². The molecular weight excluding hydrogens is 428 g/mol. The molecule has 2 bridgehead atoms. The number of anilines is 1. The molecule has 7 rings (SSSR count). The summed E-state index contributed by atoms with van der Waals surface area (Å²) in [6.45, 7) is 0. The summed E-state index contributed by atoms with van der Waals surface area (Å²) in [5.74, 6) is 2.06. The molecule has 0 saturated heterocycles. The zero-order valence-electron chi connectivity index (χ0n) is 18.5. The Hall–Kier alpha value is -4.13. The van der Waals surface area contributed by atoms with Crippen molar-refractivity contribution in [3.05, 3.63) is 85.0 Å². The minimum absolute atomic E-state index is 0.317. The molecule has 0 unspecified atom stereocenters. The zero-order valence-corrected chi connectivity index (χ0v) is 18.5. The van der Waals surface area contributed by atoms with E-state index in [2.05, 4.69) is 11.1 Å². The van der Waals surface area contributed by atoms with Gasteiger partial charge >= 0.3 is 5.97 Å². The van der Waals surface area contributed by atoms with Crippen molar-refractivity contribution in [2.24, 2.45) is 5.41 Å². The number of nitrogens with zero attached hydrogens (tertiary/aromatic N) is 3. The second kappa shape index (κ2) is 7.45. The lowest BCUT2D eigenvalue weighted by molar-refractivity contribution is -0.148. The van der Waals surface area contributed by atoms with E-state index in [-0.39, 0.29) is 5.41 Å². The molecule has 7 heteroatoms. The Labute approximate surface area is 196 Å². The van der Waals surface area contributed by atoms with Gasteiger partial charge in [-0.2, -0.15) is 0 Å². The molecule has 34 heavy (non-hydrogen) atoms. The number of nitrogens with two attached hydrogens (primary N) is 1. The number of hydrogen-bond acceptors (Lipinski definition) is 5. The van der Waals surface area contributed by atoms with Gasteiger partial charge in [-0.15, -0.1) is 0 Å². The summed E-state index contributed by atoms with van der Waals surface area (Å²) < 4.78 is 7.95. The number of carboxylic acid groups (broad SMARTS) is 1. The highest BCUT2D eigenvalue weighted by Crippen LogP contribution is 2.54. The SMILES string of the molecule is Nc1nccn2c(C34C=CC(C(=O)O)(CC3)CC4)nc(-c3ccc(Oc4ccccc4)cc3)c12. The first-order chi connectivity index (χ1) is 16.5. The minimum atomic E-state index is -0.743. The summed E-state index contributed by atoms with van der Waals surface area (Å²) in [7, 11) is 0. The lowest BCUT2D eigenvalue weighted by Crippen LogP contribution is -2.44. The van der Waals surface area contributed by atoms with Crippen molar-refractivity contribution in [3.8, 4) is 22.8 Å². The standard InChI is InChI=1S/C27H24N4O3/c28-23-22-21(18-6-8-20(9-7-18)34-19-4-2-1-3-5-19)30-24(31(22)17-16-29-23)26-10-13-27(14-11-26,15-12-26)25(32)33/h1-10,13,16-17H,11-12,14-15H2,(H2,28,29)(H,32,33). The Morgan fingerprint density at radius 2 is 1.68 bits per heavy atom. The molecule has 0 spiro atoms. The predicted molar refractivity (Wildman–Crippen MR) is 129 cm³/mol. The summed E-state index contributed by atoms with van der Waals surface area (Å²) in [6.07, 6.45) is 10.2. The first-order valence-corrected chi connectivity index (χ1v) is 11.4. The van der Waals surface area contributed by atoms with E-state index < -0.39 is 11.4 Å². The number of para-hydroxylation sites is 1. The molecule has 4 aromatic rings. The normalized spacial score (nSPS) is 23.3.